The Bertz CT molecular complexity index is 945. The summed E-state index contributed by atoms with van der Waals surface area (Å²) in [5.74, 6) is 1.48. The Kier molecular flexibility index (Phi) is 7.50. The molecule has 2 saturated heterocycles. The summed E-state index contributed by atoms with van der Waals surface area (Å²) in [7, 11) is 1.59. The summed E-state index contributed by atoms with van der Waals surface area (Å²) in [6.07, 6.45) is 2.00. The van der Waals surface area contributed by atoms with Crippen LogP contribution >= 0.6 is 0 Å². The van der Waals surface area contributed by atoms with E-state index >= 15 is 0 Å². The average molecular weight is 453 g/mol. The van der Waals surface area contributed by atoms with Gasteiger partial charge in [0.2, 0.25) is 5.91 Å². The molecule has 4 rings (SSSR count). The SMILES string of the molecule is COc1cccc(C(=O)N2CCC[C@](COc3ccccc3)(CC(=O)N3CCOCC3)C2)c1. The van der Waals surface area contributed by atoms with E-state index in [1.165, 1.54) is 0 Å². The normalized spacial score (nSPS) is 20.9. The zero-order chi connectivity index (χ0) is 23.1. The Morgan fingerprint density at radius 1 is 0.970 bits per heavy atom. The number of hydrogen-bond acceptors (Lipinski definition) is 5. The number of piperidine rings is 1. The molecule has 0 unspecified atom stereocenters. The van der Waals surface area contributed by atoms with E-state index in [0.717, 1.165) is 18.6 Å². The number of hydrogen-bond donors (Lipinski definition) is 0. The molecular weight excluding hydrogens is 420 g/mol. The van der Waals surface area contributed by atoms with Crippen LogP contribution in [-0.4, -0.2) is 74.7 Å². The van der Waals surface area contributed by atoms with Gasteiger partial charge in [0.25, 0.3) is 5.91 Å². The highest BCUT2D eigenvalue weighted by Gasteiger charge is 2.41. The standard InChI is InChI=1S/C26H32N2O5/c1-31-23-10-5-7-21(17-23)25(30)28-12-6-11-26(19-28,20-33-22-8-3-2-4-9-22)18-24(29)27-13-15-32-16-14-27/h2-5,7-10,17H,6,11-16,18-20H2,1H3/t26-/m0/s1. The molecule has 2 aromatic rings. The maximum atomic E-state index is 13.3. The van der Waals surface area contributed by atoms with Gasteiger partial charge in [-0.3, -0.25) is 9.59 Å². The summed E-state index contributed by atoms with van der Waals surface area (Å²) in [6, 6.07) is 16.9. The lowest BCUT2D eigenvalue weighted by Gasteiger charge is -2.43. The van der Waals surface area contributed by atoms with Crippen molar-refractivity contribution < 1.29 is 23.8 Å². The predicted molar refractivity (Wildman–Crippen MR) is 125 cm³/mol. The van der Waals surface area contributed by atoms with Crippen molar-refractivity contribution in [3.63, 3.8) is 0 Å². The molecule has 0 N–H and O–H groups in total. The van der Waals surface area contributed by atoms with Crippen LogP contribution in [0, 0.1) is 5.41 Å². The third-order valence-corrected chi connectivity index (χ3v) is 6.44. The molecule has 0 bridgehead atoms. The van der Waals surface area contributed by atoms with Gasteiger partial charge in [-0.1, -0.05) is 24.3 Å². The van der Waals surface area contributed by atoms with E-state index in [1.807, 2.05) is 52.3 Å². The minimum absolute atomic E-state index is 0.0449. The second kappa shape index (κ2) is 10.7. The first-order valence-electron chi connectivity index (χ1n) is 11.6. The fourth-order valence-corrected chi connectivity index (χ4v) is 4.63. The minimum atomic E-state index is -0.446. The first kappa shape index (κ1) is 23.1. The minimum Gasteiger partial charge on any atom is -0.497 e. The van der Waals surface area contributed by atoms with Crippen molar-refractivity contribution in [1.82, 2.24) is 9.80 Å². The van der Waals surface area contributed by atoms with Crippen LogP contribution in [-0.2, 0) is 9.53 Å². The van der Waals surface area contributed by atoms with Gasteiger partial charge in [-0.05, 0) is 43.2 Å². The van der Waals surface area contributed by atoms with Crippen LogP contribution in [0.5, 0.6) is 11.5 Å². The third kappa shape index (κ3) is 5.85. The van der Waals surface area contributed by atoms with Crippen molar-refractivity contribution in [3.05, 3.63) is 60.2 Å². The lowest BCUT2D eigenvalue weighted by Crippen LogP contribution is -2.52. The summed E-state index contributed by atoms with van der Waals surface area (Å²) in [5, 5.41) is 0. The average Bonchev–Trinajstić information content (AvgIpc) is 2.88. The number of amides is 2. The quantitative estimate of drug-likeness (QED) is 0.645. The summed E-state index contributed by atoms with van der Waals surface area (Å²) in [4.78, 5) is 30.3. The molecule has 2 fully saturated rings. The molecule has 2 aromatic carbocycles. The van der Waals surface area contributed by atoms with Crippen molar-refractivity contribution in [2.24, 2.45) is 5.41 Å². The predicted octanol–water partition coefficient (Wildman–Crippen LogP) is 3.25. The molecule has 2 aliphatic heterocycles. The van der Waals surface area contributed by atoms with E-state index in [-0.39, 0.29) is 11.8 Å². The van der Waals surface area contributed by atoms with Crippen molar-refractivity contribution in [2.75, 3.05) is 53.1 Å². The van der Waals surface area contributed by atoms with Gasteiger partial charge in [0.15, 0.2) is 0 Å². The molecule has 2 heterocycles. The molecule has 0 aliphatic carbocycles. The van der Waals surface area contributed by atoms with E-state index in [4.69, 9.17) is 14.2 Å². The van der Waals surface area contributed by atoms with Crippen molar-refractivity contribution in [1.29, 1.82) is 0 Å². The number of ether oxygens (including phenoxy) is 3. The molecule has 7 nitrogen and oxygen atoms in total. The van der Waals surface area contributed by atoms with Crippen molar-refractivity contribution >= 4 is 11.8 Å². The lowest BCUT2D eigenvalue weighted by atomic mass is 9.77. The van der Waals surface area contributed by atoms with Crippen LogP contribution in [0.2, 0.25) is 0 Å². The number of nitrogens with zero attached hydrogens (tertiary/aromatic N) is 2. The molecule has 0 saturated carbocycles. The zero-order valence-electron chi connectivity index (χ0n) is 19.2. The molecular formula is C26H32N2O5. The molecule has 1 atom stereocenters. The molecule has 0 aromatic heterocycles. The number of rotatable bonds is 7. The van der Waals surface area contributed by atoms with Crippen molar-refractivity contribution in [3.8, 4) is 11.5 Å². The number of carbonyl (C=O) groups is 2. The van der Waals surface area contributed by atoms with Crippen LogP contribution in [0.25, 0.3) is 0 Å². The fourth-order valence-electron chi connectivity index (χ4n) is 4.63. The molecule has 33 heavy (non-hydrogen) atoms. The number of methoxy groups -OCH3 is 1. The van der Waals surface area contributed by atoms with Gasteiger partial charge < -0.3 is 24.0 Å². The third-order valence-electron chi connectivity index (χ3n) is 6.44. The number of para-hydroxylation sites is 1. The lowest BCUT2D eigenvalue weighted by molar-refractivity contribution is -0.139. The molecule has 176 valence electrons. The van der Waals surface area contributed by atoms with Gasteiger partial charge >= 0.3 is 0 Å². The van der Waals surface area contributed by atoms with Gasteiger partial charge in [-0.2, -0.15) is 0 Å². The van der Waals surface area contributed by atoms with Gasteiger partial charge in [-0.25, -0.2) is 0 Å². The summed E-state index contributed by atoms with van der Waals surface area (Å²) in [5.41, 5.74) is 0.145. The van der Waals surface area contributed by atoms with Crippen LogP contribution in [0.4, 0.5) is 0 Å². The largest absolute Gasteiger partial charge is 0.497 e. The Labute approximate surface area is 195 Å². The first-order chi connectivity index (χ1) is 16.1. The van der Waals surface area contributed by atoms with Crippen LogP contribution in [0.1, 0.15) is 29.6 Å². The second-order valence-electron chi connectivity index (χ2n) is 8.83. The van der Waals surface area contributed by atoms with Crippen molar-refractivity contribution in [2.45, 2.75) is 19.3 Å². The molecule has 7 heteroatoms. The smallest absolute Gasteiger partial charge is 0.254 e. The summed E-state index contributed by atoms with van der Waals surface area (Å²) < 4.78 is 16.8. The Morgan fingerprint density at radius 2 is 1.73 bits per heavy atom. The zero-order valence-corrected chi connectivity index (χ0v) is 19.2. The van der Waals surface area contributed by atoms with E-state index in [9.17, 15) is 9.59 Å². The summed E-state index contributed by atoms with van der Waals surface area (Å²) in [6.45, 7) is 3.89. The van der Waals surface area contributed by atoms with E-state index in [0.29, 0.717) is 63.7 Å². The first-order valence-corrected chi connectivity index (χ1v) is 11.6. The fraction of sp³-hybridized carbons (Fsp3) is 0.462. The molecule has 0 radical (unpaired) electrons. The highest BCUT2D eigenvalue weighted by atomic mass is 16.5. The monoisotopic (exact) mass is 452 g/mol. The number of benzene rings is 2. The van der Waals surface area contributed by atoms with Crippen LogP contribution in [0.3, 0.4) is 0 Å². The summed E-state index contributed by atoms with van der Waals surface area (Å²) >= 11 is 0. The Hall–Kier alpha value is -3.06. The van der Waals surface area contributed by atoms with E-state index in [2.05, 4.69) is 0 Å². The number of carbonyl (C=O) groups excluding carboxylic acids is 2. The molecule has 0 spiro atoms. The van der Waals surface area contributed by atoms with Crippen LogP contribution < -0.4 is 9.47 Å². The number of morpholine rings is 1. The van der Waals surface area contributed by atoms with E-state index in [1.54, 1.807) is 19.2 Å². The Morgan fingerprint density at radius 3 is 2.48 bits per heavy atom. The maximum Gasteiger partial charge on any atom is 0.254 e. The van der Waals surface area contributed by atoms with E-state index < -0.39 is 5.41 Å². The van der Waals surface area contributed by atoms with Gasteiger partial charge in [0.1, 0.15) is 11.5 Å². The van der Waals surface area contributed by atoms with Gasteiger partial charge in [-0.15, -0.1) is 0 Å². The van der Waals surface area contributed by atoms with Gasteiger partial charge in [0.05, 0.1) is 26.9 Å². The second-order valence-corrected chi connectivity index (χ2v) is 8.83. The maximum absolute atomic E-state index is 13.3. The van der Waals surface area contributed by atoms with Crippen LogP contribution in [0.15, 0.2) is 54.6 Å². The highest BCUT2D eigenvalue weighted by molar-refractivity contribution is 5.94. The Balaban J connectivity index is 1.53. The topological polar surface area (TPSA) is 68.3 Å². The molecule has 2 aliphatic rings. The highest BCUT2D eigenvalue weighted by Crippen LogP contribution is 2.36. The number of likely N-dealkylation sites (tertiary alicyclic amines) is 1. The van der Waals surface area contributed by atoms with Gasteiger partial charge in [0, 0.05) is 43.6 Å². The molecule has 2 amide bonds.